The third kappa shape index (κ3) is 1.93. The van der Waals surface area contributed by atoms with Gasteiger partial charge < -0.3 is 4.57 Å². The zero-order valence-electron chi connectivity index (χ0n) is 10.0. The van der Waals surface area contributed by atoms with Gasteiger partial charge in [0.25, 0.3) is 0 Å². The molecule has 1 atom stereocenters. The normalized spacial score (nSPS) is 19.3. The minimum atomic E-state index is -2.95. The molecule has 1 aliphatic heterocycles. The maximum atomic E-state index is 11.8. The van der Waals surface area contributed by atoms with Crippen molar-refractivity contribution in [3.05, 3.63) is 24.3 Å². The predicted molar refractivity (Wildman–Crippen MR) is 73.8 cm³/mol. The molecule has 0 aliphatic carbocycles. The Labute approximate surface area is 110 Å². The number of benzene rings is 1. The molecule has 0 spiro atoms. The highest BCUT2D eigenvalue weighted by molar-refractivity contribution is 7.99. The van der Waals surface area contributed by atoms with Crippen molar-refractivity contribution in [1.29, 1.82) is 0 Å². The van der Waals surface area contributed by atoms with Gasteiger partial charge in [0.15, 0.2) is 15.0 Å². The van der Waals surface area contributed by atoms with Gasteiger partial charge in [-0.1, -0.05) is 30.8 Å². The minimum absolute atomic E-state index is 0.0161. The molecule has 3 rings (SSSR count). The summed E-state index contributed by atoms with van der Waals surface area (Å²) in [6.45, 7) is 1.70. The van der Waals surface area contributed by atoms with Crippen LogP contribution in [0.25, 0.3) is 11.0 Å². The van der Waals surface area contributed by atoms with Crippen LogP contribution < -0.4 is 0 Å². The van der Waals surface area contributed by atoms with Crippen molar-refractivity contribution in [2.75, 3.05) is 17.3 Å². The second-order valence-corrected chi connectivity index (χ2v) is 7.80. The molecule has 2 heterocycles. The lowest BCUT2D eigenvalue weighted by atomic mass is 10.3. The first-order valence-electron chi connectivity index (χ1n) is 5.91. The standard InChI is InChI=1S/C12H14N2O2S2/c1-2-18(15,16)8-9-7-17-12-13-10-5-3-4-6-11(10)14(9)12/h3-6,9H,2,7-8H2,1H3/t9-/m0/s1. The molecule has 1 aromatic carbocycles. The molecule has 0 saturated heterocycles. The van der Waals surface area contributed by atoms with Gasteiger partial charge in [-0.05, 0) is 12.1 Å². The van der Waals surface area contributed by atoms with Crippen molar-refractivity contribution in [3.63, 3.8) is 0 Å². The first kappa shape index (κ1) is 12.0. The molecule has 0 amide bonds. The van der Waals surface area contributed by atoms with E-state index in [0.29, 0.717) is 0 Å². The zero-order chi connectivity index (χ0) is 12.8. The van der Waals surface area contributed by atoms with Crippen molar-refractivity contribution in [3.8, 4) is 0 Å². The third-order valence-corrected chi connectivity index (χ3v) is 6.09. The van der Waals surface area contributed by atoms with Crippen LogP contribution in [-0.2, 0) is 9.84 Å². The summed E-state index contributed by atoms with van der Waals surface area (Å²) in [4.78, 5) is 4.53. The number of fused-ring (bicyclic) bond motifs is 3. The topological polar surface area (TPSA) is 52.0 Å². The van der Waals surface area contributed by atoms with E-state index in [4.69, 9.17) is 0 Å². The van der Waals surface area contributed by atoms with Crippen LogP contribution in [0.2, 0.25) is 0 Å². The van der Waals surface area contributed by atoms with E-state index < -0.39 is 9.84 Å². The molecule has 96 valence electrons. The fourth-order valence-electron chi connectivity index (χ4n) is 2.26. The number of sulfone groups is 1. The van der Waals surface area contributed by atoms with E-state index >= 15 is 0 Å². The van der Waals surface area contributed by atoms with E-state index in [1.807, 2.05) is 24.3 Å². The molecule has 18 heavy (non-hydrogen) atoms. The second kappa shape index (κ2) is 4.28. The number of aromatic nitrogens is 2. The van der Waals surface area contributed by atoms with Crippen LogP contribution in [0.15, 0.2) is 29.4 Å². The van der Waals surface area contributed by atoms with Gasteiger partial charge in [0, 0.05) is 11.5 Å². The fraction of sp³-hybridized carbons (Fsp3) is 0.417. The Morgan fingerprint density at radius 1 is 1.44 bits per heavy atom. The average Bonchev–Trinajstić information content (AvgIpc) is 2.89. The van der Waals surface area contributed by atoms with Crippen molar-refractivity contribution in [2.45, 2.75) is 18.1 Å². The summed E-state index contributed by atoms with van der Waals surface area (Å²) in [6.07, 6.45) is 0. The Balaban J connectivity index is 2.05. The van der Waals surface area contributed by atoms with Crippen LogP contribution >= 0.6 is 11.8 Å². The number of hydrogen-bond acceptors (Lipinski definition) is 4. The van der Waals surface area contributed by atoms with Gasteiger partial charge in [0.2, 0.25) is 0 Å². The Morgan fingerprint density at radius 3 is 3.00 bits per heavy atom. The van der Waals surface area contributed by atoms with Gasteiger partial charge in [0.1, 0.15) is 0 Å². The van der Waals surface area contributed by atoms with Gasteiger partial charge in [-0.15, -0.1) is 0 Å². The lowest BCUT2D eigenvalue weighted by molar-refractivity contribution is 0.560. The monoisotopic (exact) mass is 282 g/mol. The lowest BCUT2D eigenvalue weighted by Crippen LogP contribution is -2.20. The molecule has 0 N–H and O–H groups in total. The molecule has 0 unspecified atom stereocenters. The Hall–Kier alpha value is -1.01. The molecule has 0 saturated carbocycles. The number of nitrogens with zero attached hydrogens (tertiary/aromatic N) is 2. The van der Waals surface area contributed by atoms with E-state index in [1.165, 1.54) is 0 Å². The number of thioether (sulfide) groups is 1. The van der Waals surface area contributed by atoms with Crippen LogP contribution in [-0.4, -0.2) is 35.2 Å². The average molecular weight is 282 g/mol. The van der Waals surface area contributed by atoms with E-state index in [9.17, 15) is 8.42 Å². The van der Waals surface area contributed by atoms with Gasteiger partial charge >= 0.3 is 0 Å². The third-order valence-electron chi connectivity index (χ3n) is 3.22. The van der Waals surface area contributed by atoms with E-state index in [1.54, 1.807) is 18.7 Å². The number of imidazole rings is 1. The van der Waals surface area contributed by atoms with Crippen molar-refractivity contribution in [2.24, 2.45) is 0 Å². The van der Waals surface area contributed by atoms with Crippen molar-refractivity contribution in [1.82, 2.24) is 9.55 Å². The lowest BCUT2D eigenvalue weighted by Gasteiger charge is -2.12. The smallest absolute Gasteiger partial charge is 0.169 e. The van der Waals surface area contributed by atoms with Gasteiger partial charge in [0.05, 0.1) is 22.8 Å². The van der Waals surface area contributed by atoms with Crippen LogP contribution in [0, 0.1) is 0 Å². The van der Waals surface area contributed by atoms with Gasteiger partial charge in [-0.25, -0.2) is 13.4 Å². The highest BCUT2D eigenvalue weighted by Gasteiger charge is 2.29. The molecule has 6 heteroatoms. The molecule has 0 radical (unpaired) electrons. The quantitative estimate of drug-likeness (QED) is 0.865. The highest BCUT2D eigenvalue weighted by Crippen LogP contribution is 2.37. The summed E-state index contributed by atoms with van der Waals surface area (Å²) in [5, 5.41) is 0.938. The van der Waals surface area contributed by atoms with Crippen LogP contribution in [0.1, 0.15) is 13.0 Å². The summed E-state index contributed by atoms with van der Waals surface area (Å²) < 4.78 is 25.6. The summed E-state index contributed by atoms with van der Waals surface area (Å²) in [7, 11) is -2.95. The molecule has 1 aliphatic rings. The molecule has 2 aromatic rings. The molecule has 1 aromatic heterocycles. The molecular formula is C12H14N2O2S2. The van der Waals surface area contributed by atoms with Crippen LogP contribution in [0.4, 0.5) is 0 Å². The fourth-order valence-corrected chi connectivity index (χ4v) is 4.65. The largest absolute Gasteiger partial charge is 0.314 e. The number of para-hydroxylation sites is 2. The maximum Gasteiger partial charge on any atom is 0.169 e. The first-order valence-corrected chi connectivity index (χ1v) is 8.71. The molecule has 4 nitrogen and oxygen atoms in total. The summed E-state index contributed by atoms with van der Waals surface area (Å²) >= 11 is 1.64. The van der Waals surface area contributed by atoms with Gasteiger partial charge in [-0.3, -0.25) is 0 Å². The zero-order valence-corrected chi connectivity index (χ0v) is 11.7. The highest BCUT2D eigenvalue weighted by atomic mass is 32.2. The van der Waals surface area contributed by atoms with E-state index in [0.717, 1.165) is 21.9 Å². The molecular weight excluding hydrogens is 268 g/mol. The molecule has 0 fully saturated rings. The molecule has 0 bridgehead atoms. The summed E-state index contributed by atoms with van der Waals surface area (Å²) in [5.41, 5.74) is 1.98. The Morgan fingerprint density at radius 2 is 2.22 bits per heavy atom. The van der Waals surface area contributed by atoms with E-state index in [-0.39, 0.29) is 17.5 Å². The Kier molecular flexibility index (Phi) is 2.86. The van der Waals surface area contributed by atoms with Crippen LogP contribution in [0.5, 0.6) is 0 Å². The minimum Gasteiger partial charge on any atom is -0.314 e. The Bertz CT molecular complexity index is 691. The maximum absolute atomic E-state index is 11.8. The van der Waals surface area contributed by atoms with Crippen LogP contribution in [0.3, 0.4) is 0 Å². The van der Waals surface area contributed by atoms with Crippen molar-refractivity contribution >= 4 is 32.6 Å². The number of rotatable bonds is 3. The second-order valence-electron chi connectivity index (χ2n) is 4.42. The number of hydrogen-bond donors (Lipinski definition) is 0. The summed E-state index contributed by atoms with van der Waals surface area (Å²) in [5.74, 6) is 1.21. The van der Waals surface area contributed by atoms with Gasteiger partial charge in [-0.2, -0.15) is 0 Å². The predicted octanol–water partition coefficient (Wildman–Crippen LogP) is 2.12. The van der Waals surface area contributed by atoms with E-state index in [2.05, 4.69) is 9.55 Å². The first-order chi connectivity index (χ1) is 8.61. The SMILES string of the molecule is CCS(=O)(=O)C[C@@H]1CSc2nc3ccccc3n21. The van der Waals surface area contributed by atoms with Crippen molar-refractivity contribution < 1.29 is 8.42 Å². The summed E-state index contributed by atoms with van der Waals surface area (Å²) in [6, 6.07) is 7.90.